The summed E-state index contributed by atoms with van der Waals surface area (Å²) in [6, 6.07) is 1.93. The predicted molar refractivity (Wildman–Crippen MR) is 168 cm³/mol. The number of benzene rings is 1. The number of aryl methyl sites for hydroxylation is 1. The van der Waals surface area contributed by atoms with Gasteiger partial charge >= 0.3 is 0 Å². The Morgan fingerprint density at radius 1 is 1.12 bits per heavy atom. The van der Waals surface area contributed by atoms with E-state index < -0.39 is 11.6 Å². The minimum absolute atomic E-state index is 0.122. The van der Waals surface area contributed by atoms with Crippen molar-refractivity contribution in [2.24, 2.45) is 13.0 Å². The molecule has 7 nitrogen and oxygen atoms in total. The fourth-order valence-electron chi connectivity index (χ4n) is 7.17. The summed E-state index contributed by atoms with van der Waals surface area (Å²) in [5.74, 6) is 0.199. The molecule has 4 heterocycles. The van der Waals surface area contributed by atoms with Crippen molar-refractivity contribution >= 4 is 16.7 Å². The SMILES string of the molecule is C=CNC(=C)CCN(C)c1nn(C)c2c(F)c(C3CCN(CC4CCN(C(=C)C5CCCCN5)CC4)CC3)c(F)cc12. The van der Waals surface area contributed by atoms with Crippen molar-refractivity contribution in [3.05, 3.63) is 60.6 Å². The highest BCUT2D eigenvalue weighted by Crippen LogP contribution is 2.38. The van der Waals surface area contributed by atoms with Gasteiger partial charge in [-0.1, -0.05) is 26.2 Å². The molecule has 0 spiro atoms. The summed E-state index contributed by atoms with van der Waals surface area (Å²) < 4.78 is 33.1. The van der Waals surface area contributed by atoms with Crippen LogP contribution in [0, 0.1) is 17.6 Å². The van der Waals surface area contributed by atoms with Gasteiger partial charge < -0.3 is 25.3 Å². The zero-order chi connectivity index (χ0) is 29.8. The highest BCUT2D eigenvalue weighted by molar-refractivity contribution is 5.91. The van der Waals surface area contributed by atoms with Crippen molar-refractivity contribution in [2.75, 3.05) is 57.8 Å². The third-order valence-corrected chi connectivity index (χ3v) is 9.70. The third kappa shape index (κ3) is 6.67. The Bertz CT molecular complexity index is 1270. The number of fused-ring (bicyclic) bond motifs is 1. The first-order valence-corrected chi connectivity index (χ1v) is 15.8. The fraction of sp³-hybridized carbons (Fsp3) is 0.606. The van der Waals surface area contributed by atoms with Gasteiger partial charge in [0.2, 0.25) is 0 Å². The average molecular weight is 582 g/mol. The van der Waals surface area contributed by atoms with Gasteiger partial charge in [0.15, 0.2) is 11.6 Å². The summed E-state index contributed by atoms with van der Waals surface area (Å²) in [5, 5.41) is 11.7. The van der Waals surface area contributed by atoms with Crippen LogP contribution in [0.2, 0.25) is 0 Å². The Balaban J connectivity index is 1.16. The van der Waals surface area contributed by atoms with Crippen LogP contribution in [-0.2, 0) is 7.05 Å². The second-order valence-electron chi connectivity index (χ2n) is 12.6. The number of halogens is 2. The Morgan fingerprint density at radius 2 is 1.86 bits per heavy atom. The minimum Gasteiger partial charge on any atom is -0.374 e. The molecular weight excluding hydrogens is 532 g/mol. The summed E-state index contributed by atoms with van der Waals surface area (Å²) in [7, 11) is 3.62. The van der Waals surface area contributed by atoms with Gasteiger partial charge in [-0.2, -0.15) is 5.10 Å². The largest absolute Gasteiger partial charge is 0.374 e. The summed E-state index contributed by atoms with van der Waals surface area (Å²) in [6.07, 6.45) is 9.91. The lowest BCUT2D eigenvalue weighted by Crippen LogP contribution is -2.45. The second-order valence-corrected chi connectivity index (χ2v) is 12.6. The number of anilines is 1. The van der Waals surface area contributed by atoms with Crippen molar-refractivity contribution in [1.82, 2.24) is 30.2 Å². The van der Waals surface area contributed by atoms with Gasteiger partial charge in [-0.3, -0.25) is 4.68 Å². The van der Waals surface area contributed by atoms with Gasteiger partial charge in [0, 0.05) is 69.7 Å². The summed E-state index contributed by atoms with van der Waals surface area (Å²) in [5.41, 5.74) is 2.70. The lowest BCUT2D eigenvalue weighted by atomic mass is 9.87. The van der Waals surface area contributed by atoms with Crippen LogP contribution in [0.25, 0.3) is 10.9 Å². The number of hydrogen-bond acceptors (Lipinski definition) is 6. The molecular formula is C33H49F2N7. The normalized spacial score (nSPS) is 21.0. The Kier molecular flexibility index (Phi) is 9.88. The van der Waals surface area contributed by atoms with E-state index >= 15 is 8.78 Å². The fourth-order valence-corrected chi connectivity index (χ4v) is 7.17. The molecule has 3 fully saturated rings. The molecule has 5 rings (SSSR count). The molecule has 2 N–H and O–H groups in total. The maximum Gasteiger partial charge on any atom is 0.158 e. The monoisotopic (exact) mass is 581 g/mol. The first kappa shape index (κ1) is 30.5. The third-order valence-electron chi connectivity index (χ3n) is 9.70. The molecule has 0 aliphatic carbocycles. The highest BCUT2D eigenvalue weighted by atomic mass is 19.1. The van der Waals surface area contributed by atoms with E-state index in [1.807, 2.05) is 11.9 Å². The molecule has 2 aromatic rings. The van der Waals surface area contributed by atoms with E-state index in [9.17, 15) is 0 Å². The van der Waals surface area contributed by atoms with Gasteiger partial charge in [0.05, 0.1) is 5.39 Å². The standard InChI is InChI=1S/C33H49F2N7/c1-6-36-23(2)10-16-39(4)33-27-21-28(34)30(31(35)32(27)40(5)38-33)26-13-17-41(18-14-26)22-25-11-19-42(20-12-25)24(3)29-9-7-8-15-37-29/h6,21,25-26,29,36-37H,1-3,7-20,22H2,4-5H3. The molecule has 0 bridgehead atoms. The lowest BCUT2D eigenvalue weighted by molar-refractivity contribution is 0.136. The summed E-state index contributed by atoms with van der Waals surface area (Å²) in [4.78, 5) is 6.92. The van der Waals surface area contributed by atoms with Crippen LogP contribution in [0.1, 0.15) is 62.8 Å². The molecule has 1 unspecified atom stereocenters. The van der Waals surface area contributed by atoms with Crippen LogP contribution in [0.15, 0.2) is 43.4 Å². The topological polar surface area (TPSA) is 51.6 Å². The van der Waals surface area contributed by atoms with E-state index in [-0.39, 0.29) is 11.5 Å². The van der Waals surface area contributed by atoms with Crippen molar-refractivity contribution in [3.63, 3.8) is 0 Å². The van der Waals surface area contributed by atoms with E-state index in [1.165, 1.54) is 43.9 Å². The number of piperidine rings is 3. The molecule has 230 valence electrons. The maximum atomic E-state index is 16.0. The van der Waals surface area contributed by atoms with Crippen molar-refractivity contribution in [1.29, 1.82) is 0 Å². The first-order chi connectivity index (χ1) is 20.3. The summed E-state index contributed by atoms with van der Waals surface area (Å²) in [6.45, 7) is 18.7. The number of aromatic nitrogens is 2. The Labute approximate surface area is 250 Å². The van der Waals surface area contributed by atoms with E-state index in [2.05, 4.69) is 45.3 Å². The smallest absolute Gasteiger partial charge is 0.158 e. The van der Waals surface area contributed by atoms with Crippen LogP contribution < -0.4 is 15.5 Å². The molecule has 3 aliphatic heterocycles. The van der Waals surface area contributed by atoms with Gasteiger partial charge in [-0.05, 0) is 82.3 Å². The molecule has 3 saturated heterocycles. The zero-order valence-corrected chi connectivity index (χ0v) is 25.6. The average Bonchev–Trinajstić information content (AvgIpc) is 3.33. The van der Waals surface area contributed by atoms with E-state index in [0.717, 1.165) is 57.8 Å². The maximum absolute atomic E-state index is 16.0. The molecule has 3 aliphatic rings. The number of likely N-dealkylation sites (tertiary alicyclic amines) is 2. The quantitative estimate of drug-likeness (QED) is 0.367. The van der Waals surface area contributed by atoms with Crippen LogP contribution in [0.3, 0.4) is 0 Å². The molecule has 1 aromatic heterocycles. The molecule has 0 radical (unpaired) electrons. The number of nitrogens with zero attached hydrogens (tertiary/aromatic N) is 5. The molecule has 0 amide bonds. The van der Waals surface area contributed by atoms with Crippen LogP contribution >= 0.6 is 0 Å². The van der Waals surface area contributed by atoms with Crippen LogP contribution in [0.5, 0.6) is 0 Å². The molecule has 1 atom stereocenters. The van der Waals surface area contributed by atoms with Crippen molar-refractivity contribution < 1.29 is 8.78 Å². The Hall–Kier alpha value is -2.91. The highest BCUT2D eigenvalue weighted by Gasteiger charge is 2.31. The molecule has 9 heteroatoms. The van der Waals surface area contributed by atoms with Crippen molar-refractivity contribution in [2.45, 2.75) is 63.3 Å². The predicted octanol–water partition coefficient (Wildman–Crippen LogP) is 5.47. The number of nitrogens with one attached hydrogen (secondary N) is 2. The van der Waals surface area contributed by atoms with Gasteiger partial charge in [-0.15, -0.1) is 0 Å². The first-order valence-electron chi connectivity index (χ1n) is 15.8. The Morgan fingerprint density at radius 3 is 2.52 bits per heavy atom. The number of rotatable bonds is 11. The van der Waals surface area contributed by atoms with Gasteiger partial charge in [0.1, 0.15) is 11.3 Å². The lowest BCUT2D eigenvalue weighted by Gasteiger charge is -2.41. The van der Waals surface area contributed by atoms with E-state index in [1.54, 1.807) is 17.9 Å². The summed E-state index contributed by atoms with van der Waals surface area (Å²) >= 11 is 0. The van der Waals surface area contributed by atoms with E-state index in [4.69, 9.17) is 0 Å². The minimum atomic E-state index is -0.462. The second kappa shape index (κ2) is 13.6. The van der Waals surface area contributed by atoms with E-state index in [0.29, 0.717) is 41.6 Å². The van der Waals surface area contributed by atoms with Crippen LogP contribution in [0.4, 0.5) is 14.6 Å². The number of hydrogen-bond donors (Lipinski definition) is 2. The van der Waals surface area contributed by atoms with Gasteiger partial charge in [0.25, 0.3) is 0 Å². The van der Waals surface area contributed by atoms with Crippen LogP contribution in [-0.4, -0.2) is 78.5 Å². The van der Waals surface area contributed by atoms with Gasteiger partial charge in [-0.25, -0.2) is 8.78 Å². The molecule has 42 heavy (non-hydrogen) atoms. The molecule has 1 aromatic carbocycles. The van der Waals surface area contributed by atoms with Crippen molar-refractivity contribution in [3.8, 4) is 0 Å². The zero-order valence-electron chi connectivity index (χ0n) is 25.6. The molecule has 0 saturated carbocycles.